The number of rotatable bonds is 3. The predicted molar refractivity (Wildman–Crippen MR) is 74.4 cm³/mol. The Morgan fingerprint density at radius 1 is 1.05 bits per heavy atom. The number of ether oxygens (including phenoxy) is 1. The molecule has 0 aliphatic rings. The lowest BCUT2D eigenvalue weighted by atomic mass is 10.1. The summed E-state index contributed by atoms with van der Waals surface area (Å²) in [5.74, 6) is 0.166. The van der Waals surface area contributed by atoms with Crippen LogP contribution in [0.25, 0.3) is 0 Å². The summed E-state index contributed by atoms with van der Waals surface area (Å²) in [5.41, 5.74) is 2.26. The van der Waals surface area contributed by atoms with Gasteiger partial charge in [-0.25, -0.2) is 4.79 Å². The fourth-order valence-electron chi connectivity index (χ4n) is 1.86. The molecule has 0 aliphatic carbocycles. The van der Waals surface area contributed by atoms with Crippen molar-refractivity contribution in [2.24, 2.45) is 0 Å². The van der Waals surface area contributed by atoms with E-state index in [0.717, 1.165) is 11.1 Å². The van der Waals surface area contributed by atoms with E-state index in [0.29, 0.717) is 11.5 Å². The number of carboxylic acids is 1. The summed E-state index contributed by atoms with van der Waals surface area (Å²) in [4.78, 5) is 10.9. The Morgan fingerprint density at radius 3 is 2.21 bits per heavy atom. The number of aryl methyl sites for hydroxylation is 2. The van der Waals surface area contributed by atoms with Crippen LogP contribution in [0.5, 0.6) is 11.5 Å². The van der Waals surface area contributed by atoms with E-state index in [1.807, 2.05) is 32.0 Å². The predicted octanol–water partition coefficient (Wildman–Crippen LogP) is 4.45. The average molecular weight is 277 g/mol. The summed E-state index contributed by atoms with van der Waals surface area (Å²) in [5, 5.41) is 9.06. The fourth-order valence-corrected chi connectivity index (χ4v) is 2.11. The van der Waals surface area contributed by atoms with Crippen molar-refractivity contribution >= 4 is 17.6 Å². The van der Waals surface area contributed by atoms with Crippen LogP contribution in [0.1, 0.15) is 21.5 Å². The molecule has 1 N–H and O–H groups in total. The fraction of sp³-hybridized carbons (Fsp3) is 0.133. The van der Waals surface area contributed by atoms with Crippen LogP contribution < -0.4 is 4.74 Å². The van der Waals surface area contributed by atoms with Gasteiger partial charge in [0.05, 0.1) is 10.6 Å². The molecule has 2 aromatic rings. The van der Waals surface area contributed by atoms with Crippen LogP contribution in [0.15, 0.2) is 36.4 Å². The monoisotopic (exact) mass is 276 g/mol. The van der Waals surface area contributed by atoms with E-state index in [2.05, 4.69) is 0 Å². The number of carbonyl (C=O) groups is 1. The standard InChI is InChI=1S/C15H13ClO3/c1-9-5-10(2)7-12(6-9)19-11-3-4-13(15(17)18)14(16)8-11/h3-8H,1-2H3,(H,17,18). The normalized spacial score (nSPS) is 10.3. The molecule has 0 amide bonds. The van der Waals surface area contributed by atoms with E-state index in [4.69, 9.17) is 21.4 Å². The third kappa shape index (κ3) is 3.26. The molecule has 0 spiro atoms. The molecule has 3 nitrogen and oxygen atoms in total. The molecule has 4 heteroatoms. The van der Waals surface area contributed by atoms with Gasteiger partial charge in [-0.1, -0.05) is 17.7 Å². The molecule has 0 unspecified atom stereocenters. The second-order valence-electron chi connectivity index (χ2n) is 4.37. The smallest absolute Gasteiger partial charge is 0.337 e. The highest BCUT2D eigenvalue weighted by Gasteiger charge is 2.09. The number of halogens is 1. The lowest BCUT2D eigenvalue weighted by Crippen LogP contribution is -1.97. The van der Waals surface area contributed by atoms with Gasteiger partial charge in [-0.05, 0) is 49.2 Å². The van der Waals surface area contributed by atoms with E-state index >= 15 is 0 Å². The Balaban J connectivity index is 2.28. The van der Waals surface area contributed by atoms with E-state index in [1.54, 1.807) is 6.07 Å². The van der Waals surface area contributed by atoms with Crippen LogP contribution in [-0.4, -0.2) is 11.1 Å². The van der Waals surface area contributed by atoms with Gasteiger partial charge >= 0.3 is 5.97 Å². The first-order valence-electron chi connectivity index (χ1n) is 5.75. The van der Waals surface area contributed by atoms with Gasteiger partial charge in [-0.3, -0.25) is 0 Å². The zero-order valence-corrected chi connectivity index (χ0v) is 11.4. The van der Waals surface area contributed by atoms with Crippen molar-refractivity contribution in [2.45, 2.75) is 13.8 Å². The lowest BCUT2D eigenvalue weighted by molar-refractivity contribution is 0.0697. The quantitative estimate of drug-likeness (QED) is 0.901. The number of aromatic carboxylic acids is 1. The van der Waals surface area contributed by atoms with Gasteiger partial charge in [0.1, 0.15) is 11.5 Å². The van der Waals surface area contributed by atoms with Crippen LogP contribution in [0, 0.1) is 13.8 Å². The van der Waals surface area contributed by atoms with E-state index in [1.165, 1.54) is 12.1 Å². The molecule has 0 saturated heterocycles. The molecule has 2 aromatic carbocycles. The van der Waals surface area contributed by atoms with E-state index in [9.17, 15) is 4.79 Å². The molecule has 0 saturated carbocycles. The van der Waals surface area contributed by atoms with Crippen molar-refractivity contribution in [3.63, 3.8) is 0 Å². The molecule has 0 radical (unpaired) electrons. The third-order valence-electron chi connectivity index (χ3n) is 2.60. The molecule has 0 heterocycles. The number of hydrogen-bond acceptors (Lipinski definition) is 2. The van der Waals surface area contributed by atoms with E-state index in [-0.39, 0.29) is 10.6 Å². The molecular formula is C15H13ClO3. The summed E-state index contributed by atoms with van der Waals surface area (Å²) < 4.78 is 5.68. The maximum Gasteiger partial charge on any atom is 0.337 e. The zero-order chi connectivity index (χ0) is 14.0. The molecule has 0 atom stereocenters. The van der Waals surface area contributed by atoms with Crippen LogP contribution in [0.3, 0.4) is 0 Å². The molecule has 0 aromatic heterocycles. The van der Waals surface area contributed by atoms with Crippen LogP contribution in [0.4, 0.5) is 0 Å². The largest absolute Gasteiger partial charge is 0.478 e. The Kier molecular flexibility index (Phi) is 3.76. The lowest BCUT2D eigenvalue weighted by Gasteiger charge is -2.09. The summed E-state index contributed by atoms with van der Waals surface area (Å²) in [6, 6.07) is 10.4. The second kappa shape index (κ2) is 5.33. The first-order chi connectivity index (χ1) is 8.95. The van der Waals surface area contributed by atoms with Crippen LogP contribution >= 0.6 is 11.6 Å². The van der Waals surface area contributed by atoms with Crippen molar-refractivity contribution in [2.75, 3.05) is 0 Å². The minimum Gasteiger partial charge on any atom is -0.478 e. The first kappa shape index (κ1) is 13.4. The topological polar surface area (TPSA) is 46.5 Å². The minimum atomic E-state index is -1.05. The van der Waals surface area contributed by atoms with Crippen LogP contribution in [-0.2, 0) is 0 Å². The van der Waals surface area contributed by atoms with Gasteiger partial charge in [0.25, 0.3) is 0 Å². The highest BCUT2D eigenvalue weighted by atomic mass is 35.5. The van der Waals surface area contributed by atoms with Crippen LogP contribution in [0.2, 0.25) is 5.02 Å². The van der Waals surface area contributed by atoms with E-state index < -0.39 is 5.97 Å². The third-order valence-corrected chi connectivity index (χ3v) is 2.91. The Bertz CT molecular complexity index is 615. The van der Waals surface area contributed by atoms with Gasteiger partial charge in [-0.2, -0.15) is 0 Å². The minimum absolute atomic E-state index is 0.0643. The van der Waals surface area contributed by atoms with Gasteiger partial charge < -0.3 is 9.84 Å². The summed E-state index contributed by atoms with van der Waals surface area (Å²) in [6.45, 7) is 3.97. The molecule has 0 fully saturated rings. The van der Waals surface area contributed by atoms with Gasteiger partial charge in [0.2, 0.25) is 0 Å². The van der Waals surface area contributed by atoms with Crippen molar-refractivity contribution in [1.82, 2.24) is 0 Å². The highest BCUT2D eigenvalue weighted by molar-refractivity contribution is 6.33. The summed E-state index contributed by atoms with van der Waals surface area (Å²) in [6.07, 6.45) is 0. The Labute approximate surface area is 116 Å². The van der Waals surface area contributed by atoms with Gasteiger partial charge in [-0.15, -0.1) is 0 Å². The summed E-state index contributed by atoms with van der Waals surface area (Å²) >= 11 is 5.89. The van der Waals surface area contributed by atoms with Crippen molar-refractivity contribution in [1.29, 1.82) is 0 Å². The van der Waals surface area contributed by atoms with Crippen molar-refractivity contribution in [3.05, 3.63) is 58.1 Å². The maximum absolute atomic E-state index is 10.9. The van der Waals surface area contributed by atoms with Gasteiger partial charge in [0, 0.05) is 6.07 Å². The SMILES string of the molecule is Cc1cc(C)cc(Oc2ccc(C(=O)O)c(Cl)c2)c1. The number of carboxylic acid groups (broad SMARTS) is 1. The van der Waals surface area contributed by atoms with Crippen molar-refractivity contribution in [3.8, 4) is 11.5 Å². The number of benzene rings is 2. The van der Waals surface area contributed by atoms with Crippen molar-refractivity contribution < 1.29 is 14.6 Å². The zero-order valence-electron chi connectivity index (χ0n) is 10.6. The highest BCUT2D eigenvalue weighted by Crippen LogP contribution is 2.28. The molecular weight excluding hydrogens is 264 g/mol. The molecule has 0 bridgehead atoms. The number of hydrogen-bond donors (Lipinski definition) is 1. The Morgan fingerprint density at radius 2 is 1.68 bits per heavy atom. The average Bonchev–Trinajstić information content (AvgIpc) is 2.26. The molecule has 2 rings (SSSR count). The van der Waals surface area contributed by atoms with Gasteiger partial charge in [0.15, 0.2) is 0 Å². The second-order valence-corrected chi connectivity index (χ2v) is 4.78. The summed E-state index contributed by atoms with van der Waals surface area (Å²) in [7, 11) is 0. The molecule has 98 valence electrons. The Hall–Kier alpha value is -2.00. The molecule has 0 aliphatic heterocycles. The maximum atomic E-state index is 10.9. The molecule has 19 heavy (non-hydrogen) atoms. The first-order valence-corrected chi connectivity index (χ1v) is 6.12.